The molecule has 6 nitrogen and oxygen atoms in total. The molecular weight excluding hydrogens is 374 g/mol. The highest BCUT2D eigenvalue weighted by Crippen LogP contribution is 2.27. The molecule has 0 spiro atoms. The van der Waals surface area contributed by atoms with Gasteiger partial charge in [0.1, 0.15) is 0 Å². The van der Waals surface area contributed by atoms with Gasteiger partial charge in [-0.05, 0) is 56.6 Å². The third-order valence-electron chi connectivity index (χ3n) is 6.03. The van der Waals surface area contributed by atoms with Crippen molar-refractivity contribution in [2.24, 2.45) is 0 Å². The van der Waals surface area contributed by atoms with E-state index in [2.05, 4.69) is 11.8 Å². The van der Waals surface area contributed by atoms with Crippen molar-refractivity contribution >= 4 is 15.9 Å². The summed E-state index contributed by atoms with van der Waals surface area (Å²) in [6.45, 7) is 4.47. The van der Waals surface area contributed by atoms with Gasteiger partial charge in [-0.15, -0.1) is 0 Å². The van der Waals surface area contributed by atoms with Gasteiger partial charge in [0.15, 0.2) is 0 Å². The highest BCUT2D eigenvalue weighted by Gasteiger charge is 2.34. The second-order valence-electron chi connectivity index (χ2n) is 8.22. The Balaban J connectivity index is 1.73. The molecule has 1 aromatic carbocycles. The van der Waals surface area contributed by atoms with Gasteiger partial charge in [-0.2, -0.15) is 4.31 Å². The van der Waals surface area contributed by atoms with Crippen LogP contribution in [0.2, 0.25) is 0 Å². The zero-order valence-electron chi connectivity index (χ0n) is 17.4. The van der Waals surface area contributed by atoms with E-state index in [1.165, 1.54) is 0 Å². The summed E-state index contributed by atoms with van der Waals surface area (Å²) in [5, 5.41) is 0. The number of hydrogen-bond donors (Lipinski definition) is 0. The summed E-state index contributed by atoms with van der Waals surface area (Å²) in [7, 11) is 0.493. The Morgan fingerprint density at radius 3 is 2.64 bits per heavy atom. The van der Waals surface area contributed by atoms with E-state index in [1.54, 1.807) is 16.4 Å². The van der Waals surface area contributed by atoms with Gasteiger partial charge in [0.25, 0.3) is 0 Å². The van der Waals surface area contributed by atoms with E-state index < -0.39 is 10.0 Å². The van der Waals surface area contributed by atoms with Crippen LogP contribution >= 0.6 is 0 Å². The van der Waals surface area contributed by atoms with Crippen molar-refractivity contribution in [2.45, 2.75) is 62.9 Å². The fraction of sp³-hybridized carbons (Fsp3) is 0.667. The first-order valence-corrected chi connectivity index (χ1v) is 11.8. The Bertz CT molecular complexity index is 807. The monoisotopic (exact) mass is 407 g/mol. The van der Waals surface area contributed by atoms with Crippen molar-refractivity contribution in [1.29, 1.82) is 0 Å². The lowest BCUT2D eigenvalue weighted by atomic mass is 9.99. The van der Waals surface area contributed by atoms with Crippen LogP contribution in [0.3, 0.4) is 0 Å². The zero-order valence-corrected chi connectivity index (χ0v) is 18.2. The Morgan fingerprint density at radius 1 is 1.18 bits per heavy atom. The van der Waals surface area contributed by atoms with E-state index in [-0.39, 0.29) is 11.9 Å². The number of unbranched alkanes of at least 4 members (excludes halogenated alkanes) is 2. The molecule has 0 bridgehead atoms. The highest BCUT2D eigenvalue weighted by atomic mass is 32.2. The van der Waals surface area contributed by atoms with Crippen LogP contribution in [0.4, 0.5) is 0 Å². The van der Waals surface area contributed by atoms with Crippen LogP contribution in [-0.2, 0) is 27.8 Å². The molecule has 2 heterocycles. The molecule has 156 valence electrons. The maximum absolute atomic E-state index is 13.1. The van der Waals surface area contributed by atoms with Crippen LogP contribution in [0.5, 0.6) is 0 Å². The highest BCUT2D eigenvalue weighted by molar-refractivity contribution is 7.89. The number of benzene rings is 1. The summed E-state index contributed by atoms with van der Waals surface area (Å²) in [6, 6.07) is 5.72. The van der Waals surface area contributed by atoms with Crippen LogP contribution in [-0.4, -0.2) is 68.2 Å². The van der Waals surface area contributed by atoms with Crippen LogP contribution in [0.15, 0.2) is 23.1 Å². The first-order valence-electron chi connectivity index (χ1n) is 10.4. The van der Waals surface area contributed by atoms with Gasteiger partial charge < -0.3 is 9.80 Å². The van der Waals surface area contributed by atoms with Crippen LogP contribution in [0, 0.1) is 0 Å². The van der Waals surface area contributed by atoms with Crippen molar-refractivity contribution in [1.82, 2.24) is 14.1 Å². The molecule has 7 heteroatoms. The molecule has 1 unspecified atom stereocenters. The predicted molar refractivity (Wildman–Crippen MR) is 111 cm³/mol. The van der Waals surface area contributed by atoms with Crippen molar-refractivity contribution in [3.8, 4) is 0 Å². The molecule has 3 rings (SSSR count). The van der Waals surface area contributed by atoms with Crippen molar-refractivity contribution in [3.63, 3.8) is 0 Å². The molecule has 1 saturated heterocycles. The van der Waals surface area contributed by atoms with Gasteiger partial charge in [-0.3, -0.25) is 4.79 Å². The van der Waals surface area contributed by atoms with Gasteiger partial charge in [-0.1, -0.05) is 25.8 Å². The Hall–Kier alpha value is -1.44. The first-order chi connectivity index (χ1) is 13.3. The van der Waals surface area contributed by atoms with E-state index in [0.717, 1.165) is 49.8 Å². The molecule has 2 aliphatic rings. The fourth-order valence-electron chi connectivity index (χ4n) is 4.09. The van der Waals surface area contributed by atoms with E-state index in [0.29, 0.717) is 31.0 Å². The Morgan fingerprint density at radius 2 is 1.96 bits per heavy atom. The standard InChI is InChI=1S/C21H33N3O3S/c1-4-5-6-7-21(25)23-12-10-17-8-9-20(14-18(17)15-23)28(26,27)24-13-11-19(16-24)22(2)3/h8-9,14,19H,4-7,10-13,15-16H2,1-3H3. The van der Waals surface area contributed by atoms with E-state index in [9.17, 15) is 13.2 Å². The summed E-state index contributed by atoms with van der Waals surface area (Å²) in [5.74, 6) is 0.181. The van der Waals surface area contributed by atoms with Gasteiger partial charge in [0, 0.05) is 38.6 Å². The van der Waals surface area contributed by atoms with Crippen LogP contribution in [0.25, 0.3) is 0 Å². The first kappa shape index (κ1) is 21.3. The number of sulfonamides is 1. The van der Waals surface area contributed by atoms with E-state index in [4.69, 9.17) is 0 Å². The number of hydrogen-bond acceptors (Lipinski definition) is 4. The van der Waals surface area contributed by atoms with Gasteiger partial charge in [0.2, 0.25) is 15.9 Å². The smallest absolute Gasteiger partial charge is 0.243 e. The second-order valence-corrected chi connectivity index (χ2v) is 10.2. The maximum atomic E-state index is 13.1. The summed E-state index contributed by atoms with van der Waals surface area (Å²) in [4.78, 5) is 16.8. The molecule has 0 aliphatic carbocycles. The lowest BCUT2D eigenvalue weighted by Crippen LogP contribution is -2.36. The maximum Gasteiger partial charge on any atom is 0.243 e. The average Bonchev–Trinajstić information content (AvgIpc) is 3.18. The van der Waals surface area contributed by atoms with Gasteiger partial charge in [-0.25, -0.2) is 8.42 Å². The Labute approximate surface area is 169 Å². The van der Waals surface area contributed by atoms with E-state index in [1.807, 2.05) is 25.1 Å². The number of carbonyl (C=O) groups excluding carboxylic acids is 1. The second kappa shape index (κ2) is 8.93. The molecule has 1 fully saturated rings. The van der Waals surface area contributed by atoms with Crippen LogP contribution in [0.1, 0.15) is 50.2 Å². The summed E-state index contributed by atoms with van der Waals surface area (Å²) >= 11 is 0. The summed E-state index contributed by atoms with van der Waals surface area (Å²) in [6.07, 6.45) is 5.33. The lowest BCUT2D eigenvalue weighted by Gasteiger charge is -2.29. The third kappa shape index (κ3) is 4.58. The molecule has 2 aliphatic heterocycles. The van der Waals surface area contributed by atoms with Crippen molar-refractivity contribution in [3.05, 3.63) is 29.3 Å². The van der Waals surface area contributed by atoms with Crippen molar-refractivity contribution < 1.29 is 13.2 Å². The van der Waals surface area contributed by atoms with Gasteiger partial charge in [0.05, 0.1) is 4.90 Å². The SMILES string of the molecule is CCCCCC(=O)N1CCc2ccc(S(=O)(=O)N3CCC(N(C)C)C3)cc2C1. The summed E-state index contributed by atoms with van der Waals surface area (Å²) in [5.41, 5.74) is 2.13. The third-order valence-corrected chi connectivity index (χ3v) is 7.89. The number of nitrogens with zero attached hydrogens (tertiary/aromatic N) is 3. The Kier molecular flexibility index (Phi) is 6.78. The minimum Gasteiger partial charge on any atom is -0.338 e. The van der Waals surface area contributed by atoms with E-state index >= 15 is 0 Å². The number of fused-ring (bicyclic) bond motifs is 1. The molecule has 0 N–H and O–H groups in total. The lowest BCUT2D eigenvalue weighted by molar-refractivity contribution is -0.132. The molecular formula is C21H33N3O3S. The molecule has 1 atom stereocenters. The zero-order chi connectivity index (χ0) is 20.3. The quantitative estimate of drug-likeness (QED) is 0.652. The number of likely N-dealkylation sites (N-methyl/N-ethyl adjacent to an activating group) is 1. The number of amides is 1. The average molecular weight is 408 g/mol. The van der Waals surface area contributed by atoms with Crippen molar-refractivity contribution in [2.75, 3.05) is 33.7 Å². The summed E-state index contributed by atoms with van der Waals surface area (Å²) < 4.78 is 27.8. The molecule has 1 amide bonds. The molecule has 0 saturated carbocycles. The topological polar surface area (TPSA) is 60.9 Å². The predicted octanol–water partition coefficient (Wildman–Crippen LogP) is 2.48. The van der Waals surface area contributed by atoms with Gasteiger partial charge >= 0.3 is 0 Å². The largest absolute Gasteiger partial charge is 0.338 e. The fourth-order valence-corrected chi connectivity index (χ4v) is 5.63. The normalized spacial score (nSPS) is 20.6. The minimum atomic E-state index is -3.49. The minimum absolute atomic E-state index is 0.181. The molecule has 28 heavy (non-hydrogen) atoms. The molecule has 0 radical (unpaired) electrons. The molecule has 0 aromatic heterocycles. The number of rotatable bonds is 7. The number of carbonyl (C=O) groups is 1. The van der Waals surface area contributed by atoms with Crippen LogP contribution < -0.4 is 0 Å². The molecule has 1 aromatic rings.